The number of aromatic hydroxyl groups is 1. The number of unbranched alkanes of at least 4 members (excludes halogenated alkanes) is 1. The van der Waals surface area contributed by atoms with Gasteiger partial charge in [0.25, 0.3) is 0 Å². The van der Waals surface area contributed by atoms with Crippen molar-refractivity contribution in [3.05, 3.63) is 65.2 Å². The molecule has 0 bridgehead atoms. The number of rotatable bonds is 12. The molecule has 0 aromatic heterocycles. The molecule has 1 aliphatic heterocycles. The predicted molar refractivity (Wildman–Crippen MR) is 128 cm³/mol. The zero-order chi connectivity index (χ0) is 23.2. The first-order chi connectivity index (χ1) is 16.0. The van der Waals surface area contributed by atoms with E-state index in [-0.39, 0.29) is 30.2 Å². The lowest BCUT2D eigenvalue weighted by atomic mass is 9.87. The van der Waals surface area contributed by atoms with E-state index in [1.165, 1.54) is 0 Å². The second-order valence-electron chi connectivity index (χ2n) is 9.44. The van der Waals surface area contributed by atoms with Gasteiger partial charge in [0.05, 0.1) is 19.1 Å². The van der Waals surface area contributed by atoms with E-state index in [1.807, 2.05) is 49.4 Å². The Morgan fingerprint density at radius 2 is 1.91 bits per heavy atom. The summed E-state index contributed by atoms with van der Waals surface area (Å²) < 4.78 is 5.52. The van der Waals surface area contributed by atoms with Crippen LogP contribution >= 0.6 is 0 Å². The van der Waals surface area contributed by atoms with Gasteiger partial charge >= 0.3 is 5.97 Å². The zero-order valence-electron chi connectivity index (χ0n) is 19.6. The van der Waals surface area contributed by atoms with Crippen LogP contribution in [0, 0.1) is 24.7 Å². The number of aryl methyl sites for hydroxylation is 1. The summed E-state index contributed by atoms with van der Waals surface area (Å²) in [4.78, 5) is 18.4. The van der Waals surface area contributed by atoms with Gasteiger partial charge in [-0.05, 0) is 69.2 Å². The van der Waals surface area contributed by atoms with Crippen LogP contribution in [0.25, 0.3) is 0 Å². The number of piperidine rings is 1. The summed E-state index contributed by atoms with van der Waals surface area (Å²) in [7, 11) is 0. The lowest BCUT2D eigenvalue weighted by Gasteiger charge is -2.19. The smallest absolute Gasteiger partial charge is 0.306 e. The molecular formula is C27H36N2O4. The summed E-state index contributed by atoms with van der Waals surface area (Å²) in [6.07, 6.45) is 2.09. The Labute approximate surface area is 196 Å². The summed E-state index contributed by atoms with van der Waals surface area (Å²) >= 11 is 0. The molecule has 4 atom stereocenters. The number of hydrogen-bond donors (Lipinski definition) is 3. The summed E-state index contributed by atoms with van der Waals surface area (Å²) in [5, 5.41) is 13.8. The van der Waals surface area contributed by atoms with Crippen LogP contribution in [0.15, 0.2) is 48.5 Å². The molecule has 6 nitrogen and oxygen atoms in total. The molecule has 4 unspecified atom stereocenters. The molecule has 1 heterocycles. The molecule has 2 fully saturated rings. The molecule has 178 valence electrons. The minimum atomic E-state index is -0.253. The van der Waals surface area contributed by atoms with Gasteiger partial charge in [0, 0.05) is 18.0 Å². The Balaban J connectivity index is 1.18. The van der Waals surface area contributed by atoms with Crippen molar-refractivity contribution in [3.8, 4) is 5.75 Å². The number of esters is 1. The Morgan fingerprint density at radius 3 is 2.67 bits per heavy atom. The Kier molecular flexibility index (Phi) is 8.02. The van der Waals surface area contributed by atoms with Gasteiger partial charge in [-0.25, -0.2) is 5.48 Å². The third kappa shape index (κ3) is 6.14. The number of ether oxygens (including phenoxy) is 1. The van der Waals surface area contributed by atoms with Gasteiger partial charge in [0.2, 0.25) is 0 Å². The average Bonchev–Trinajstić information content (AvgIpc) is 3.30. The molecule has 0 radical (unpaired) electrons. The van der Waals surface area contributed by atoms with E-state index in [4.69, 9.17) is 9.57 Å². The van der Waals surface area contributed by atoms with Gasteiger partial charge in [-0.3, -0.25) is 9.63 Å². The standard InChI is InChI=1S/C27H36N2O4/c1-18-10-11-25(30)22(14-18)21(20-8-4-3-5-9-20)15-26(31)32-13-7-6-12-29-33-19(2)27-23-16-28-17-24(23)27/h3-5,8-11,14,19,21,23-24,27-30H,6-7,12-13,15-17H2,1-2H3. The summed E-state index contributed by atoms with van der Waals surface area (Å²) in [6.45, 7) is 7.51. The number of nitrogens with one attached hydrogen (secondary N) is 2. The molecule has 33 heavy (non-hydrogen) atoms. The molecule has 2 aromatic carbocycles. The first-order valence-electron chi connectivity index (χ1n) is 12.1. The van der Waals surface area contributed by atoms with E-state index in [0.717, 1.165) is 61.0 Å². The maximum absolute atomic E-state index is 12.6. The normalized spacial score (nSPS) is 23.0. The fourth-order valence-corrected chi connectivity index (χ4v) is 5.19. The monoisotopic (exact) mass is 452 g/mol. The molecule has 3 N–H and O–H groups in total. The Hall–Kier alpha value is -2.41. The predicted octanol–water partition coefficient (Wildman–Crippen LogP) is 3.92. The molecule has 4 rings (SSSR count). The van der Waals surface area contributed by atoms with Crippen LogP contribution in [-0.4, -0.2) is 43.4 Å². The molecule has 0 amide bonds. The number of phenolic OH excluding ortho intramolecular Hbond substituents is 1. The quantitative estimate of drug-likeness (QED) is 0.257. The van der Waals surface area contributed by atoms with Crippen molar-refractivity contribution in [2.24, 2.45) is 17.8 Å². The molecule has 1 saturated carbocycles. The van der Waals surface area contributed by atoms with Crippen LogP contribution in [0.5, 0.6) is 5.75 Å². The number of carbonyl (C=O) groups is 1. The maximum atomic E-state index is 12.6. The summed E-state index contributed by atoms with van der Waals surface area (Å²) in [6, 6.07) is 15.3. The number of hydroxylamine groups is 1. The van der Waals surface area contributed by atoms with E-state index in [0.29, 0.717) is 12.5 Å². The van der Waals surface area contributed by atoms with Crippen molar-refractivity contribution in [1.82, 2.24) is 10.8 Å². The lowest BCUT2D eigenvalue weighted by Crippen LogP contribution is -2.28. The van der Waals surface area contributed by atoms with Crippen molar-refractivity contribution in [2.75, 3.05) is 26.2 Å². The molecular weight excluding hydrogens is 416 g/mol. The lowest BCUT2D eigenvalue weighted by molar-refractivity contribution is -0.144. The van der Waals surface area contributed by atoms with Crippen molar-refractivity contribution >= 4 is 5.97 Å². The van der Waals surface area contributed by atoms with E-state index >= 15 is 0 Å². The number of carbonyl (C=O) groups excluding carboxylic acids is 1. The van der Waals surface area contributed by atoms with E-state index in [2.05, 4.69) is 17.7 Å². The second kappa shape index (κ2) is 11.1. The highest BCUT2D eigenvalue weighted by Crippen LogP contribution is 2.51. The van der Waals surface area contributed by atoms with Crippen LogP contribution in [0.3, 0.4) is 0 Å². The van der Waals surface area contributed by atoms with Crippen LogP contribution in [0.2, 0.25) is 0 Å². The van der Waals surface area contributed by atoms with E-state index in [9.17, 15) is 9.90 Å². The van der Waals surface area contributed by atoms with Gasteiger partial charge in [0.1, 0.15) is 5.75 Å². The SMILES string of the molecule is Cc1ccc(O)c(C(CC(=O)OCCCCNOC(C)C2C3CNCC32)c2ccccc2)c1. The van der Waals surface area contributed by atoms with Crippen LogP contribution in [0.1, 0.15) is 48.8 Å². The fraction of sp³-hybridized carbons (Fsp3) is 0.519. The van der Waals surface area contributed by atoms with Gasteiger partial charge in [-0.15, -0.1) is 0 Å². The van der Waals surface area contributed by atoms with Gasteiger partial charge < -0.3 is 15.2 Å². The minimum absolute atomic E-state index is 0.193. The van der Waals surface area contributed by atoms with Gasteiger partial charge in [0.15, 0.2) is 0 Å². The summed E-state index contributed by atoms with van der Waals surface area (Å²) in [5.74, 6) is 1.98. The van der Waals surface area contributed by atoms with Crippen molar-refractivity contribution in [3.63, 3.8) is 0 Å². The van der Waals surface area contributed by atoms with Crippen molar-refractivity contribution in [1.29, 1.82) is 0 Å². The zero-order valence-corrected chi connectivity index (χ0v) is 19.6. The van der Waals surface area contributed by atoms with E-state index < -0.39 is 0 Å². The fourth-order valence-electron chi connectivity index (χ4n) is 5.19. The summed E-state index contributed by atoms with van der Waals surface area (Å²) in [5.41, 5.74) is 5.87. The van der Waals surface area contributed by atoms with Crippen molar-refractivity contribution < 1.29 is 19.5 Å². The third-order valence-electron chi connectivity index (χ3n) is 7.04. The molecule has 2 aliphatic rings. The molecule has 1 aliphatic carbocycles. The third-order valence-corrected chi connectivity index (χ3v) is 7.04. The Morgan fingerprint density at radius 1 is 1.15 bits per heavy atom. The van der Waals surface area contributed by atoms with Gasteiger partial charge in [-0.1, -0.05) is 48.0 Å². The first kappa shape index (κ1) is 23.7. The molecule has 2 aromatic rings. The number of benzene rings is 2. The molecule has 6 heteroatoms. The average molecular weight is 453 g/mol. The van der Waals surface area contributed by atoms with Crippen LogP contribution in [-0.2, 0) is 14.4 Å². The Bertz CT molecular complexity index is 910. The van der Waals surface area contributed by atoms with E-state index in [1.54, 1.807) is 6.07 Å². The topological polar surface area (TPSA) is 79.8 Å². The second-order valence-corrected chi connectivity index (χ2v) is 9.44. The highest BCUT2D eigenvalue weighted by molar-refractivity contribution is 5.72. The molecule has 1 saturated heterocycles. The largest absolute Gasteiger partial charge is 0.508 e. The number of fused-ring (bicyclic) bond motifs is 1. The van der Waals surface area contributed by atoms with Gasteiger partial charge in [-0.2, -0.15) is 0 Å². The van der Waals surface area contributed by atoms with Crippen LogP contribution in [0.4, 0.5) is 0 Å². The van der Waals surface area contributed by atoms with Crippen LogP contribution < -0.4 is 10.8 Å². The minimum Gasteiger partial charge on any atom is -0.508 e. The molecule has 0 spiro atoms. The maximum Gasteiger partial charge on any atom is 0.306 e. The van der Waals surface area contributed by atoms with Crippen molar-refractivity contribution in [2.45, 2.75) is 45.1 Å². The number of hydrogen-bond acceptors (Lipinski definition) is 6. The first-order valence-corrected chi connectivity index (χ1v) is 12.1. The highest BCUT2D eigenvalue weighted by atomic mass is 16.7. The number of phenols is 1. The highest BCUT2D eigenvalue weighted by Gasteiger charge is 2.55.